The van der Waals surface area contributed by atoms with Gasteiger partial charge in [-0.1, -0.05) is 0 Å². The number of hydrogen-bond acceptors (Lipinski definition) is 8. The molecule has 0 aromatic carbocycles. The Kier molecular flexibility index (Phi) is 12.6. The van der Waals surface area contributed by atoms with Gasteiger partial charge in [0.15, 0.2) is 0 Å². The summed E-state index contributed by atoms with van der Waals surface area (Å²) in [6.45, 7) is 2.02. The van der Waals surface area contributed by atoms with E-state index in [0.29, 0.717) is 0 Å². The van der Waals surface area contributed by atoms with Crippen LogP contribution in [-0.4, -0.2) is 90.8 Å². The lowest BCUT2D eigenvalue weighted by Gasteiger charge is -2.23. The van der Waals surface area contributed by atoms with Crippen LogP contribution in [0.1, 0.15) is 20.8 Å². The third-order valence-electron chi connectivity index (χ3n) is 3.66. The van der Waals surface area contributed by atoms with Gasteiger partial charge >= 0.3 is 0 Å². The van der Waals surface area contributed by atoms with Crippen LogP contribution in [0, 0.1) is 0 Å². The second-order valence-corrected chi connectivity index (χ2v) is 6.66. The van der Waals surface area contributed by atoms with Crippen molar-refractivity contribution in [3.8, 4) is 0 Å². The maximum absolute atomic E-state index is 12.3. The van der Waals surface area contributed by atoms with Crippen LogP contribution >= 0.6 is 0 Å². The van der Waals surface area contributed by atoms with Crippen molar-refractivity contribution in [1.29, 1.82) is 0 Å². The Hall–Kier alpha value is -3.75. The van der Waals surface area contributed by atoms with E-state index in [2.05, 4.69) is 31.9 Å². The minimum atomic E-state index is -1.44. The molecule has 9 N–H and O–H groups in total. The van der Waals surface area contributed by atoms with Crippen molar-refractivity contribution >= 4 is 41.4 Å². The summed E-state index contributed by atoms with van der Waals surface area (Å²) in [6.07, 6.45) is -1.34. The van der Waals surface area contributed by atoms with Gasteiger partial charge in [0.05, 0.1) is 32.3 Å². The van der Waals surface area contributed by atoms with Gasteiger partial charge in [0.1, 0.15) is 12.1 Å². The first-order valence-corrected chi connectivity index (χ1v) is 9.45. The second kappa shape index (κ2) is 14.3. The summed E-state index contributed by atoms with van der Waals surface area (Å²) in [6, 6.07) is -2.58. The van der Waals surface area contributed by atoms with E-state index in [4.69, 9.17) is 5.73 Å². The van der Waals surface area contributed by atoms with Gasteiger partial charge in [0, 0.05) is 6.92 Å². The number of amides is 7. The number of carbonyl (C=O) groups excluding carboxylic acids is 7. The SMILES string of the molecule is CC(=O)NCC(=O)NCC(=O)N[C@H](C(=O)N[C@@H](C)C(=O)NCC(=O)NCC(N)=O)[C@@H](C)O. The molecule has 0 aliphatic rings. The Bertz CT molecular complexity index is 740. The second-order valence-electron chi connectivity index (χ2n) is 6.66. The smallest absolute Gasteiger partial charge is 0.245 e. The van der Waals surface area contributed by atoms with Crippen LogP contribution in [-0.2, 0) is 33.6 Å². The molecule has 0 aromatic heterocycles. The van der Waals surface area contributed by atoms with Gasteiger partial charge in [0.25, 0.3) is 0 Å². The van der Waals surface area contributed by atoms with Gasteiger partial charge in [-0.2, -0.15) is 0 Å². The predicted octanol–water partition coefficient (Wildman–Crippen LogP) is -5.67. The van der Waals surface area contributed by atoms with E-state index in [0.717, 1.165) is 0 Å². The number of nitrogens with two attached hydrogens (primary N) is 1. The molecule has 0 fully saturated rings. The molecule has 0 saturated carbocycles. The van der Waals surface area contributed by atoms with Crippen LogP contribution in [0.5, 0.6) is 0 Å². The third-order valence-corrected chi connectivity index (χ3v) is 3.66. The monoisotopic (exact) mass is 459 g/mol. The highest BCUT2D eigenvalue weighted by molar-refractivity contribution is 5.94. The van der Waals surface area contributed by atoms with Crippen LogP contribution in [0.2, 0.25) is 0 Å². The fourth-order valence-electron chi connectivity index (χ4n) is 2.01. The van der Waals surface area contributed by atoms with Gasteiger partial charge in [0.2, 0.25) is 41.4 Å². The molecular formula is C17H29N7O8. The van der Waals surface area contributed by atoms with Gasteiger partial charge < -0.3 is 42.7 Å². The zero-order valence-corrected chi connectivity index (χ0v) is 17.9. The Labute approximate surface area is 183 Å². The fraction of sp³-hybridized carbons (Fsp3) is 0.588. The first kappa shape index (κ1) is 28.2. The van der Waals surface area contributed by atoms with Crippen LogP contribution in [0.4, 0.5) is 0 Å². The highest BCUT2D eigenvalue weighted by Crippen LogP contribution is 1.95. The van der Waals surface area contributed by atoms with Gasteiger partial charge in [-0.15, -0.1) is 0 Å². The molecule has 7 amide bonds. The van der Waals surface area contributed by atoms with Gasteiger partial charge in [-0.05, 0) is 13.8 Å². The van der Waals surface area contributed by atoms with Crippen LogP contribution < -0.4 is 37.6 Å². The van der Waals surface area contributed by atoms with E-state index in [-0.39, 0.29) is 6.54 Å². The standard InChI is InChI=1S/C17H29N7O8/c1-8(16(31)22-6-13(29)20-4-11(18)27)23-17(32)15(9(2)25)24-14(30)7-21-12(28)5-19-10(3)26/h8-9,15,25H,4-7H2,1-3H3,(H2,18,27)(H,19,26)(H,20,29)(H,21,28)(H,22,31)(H,23,32)(H,24,30)/t8-,9+,15-/m0/s1. The van der Waals surface area contributed by atoms with E-state index in [9.17, 15) is 38.7 Å². The maximum atomic E-state index is 12.3. The largest absolute Gasteiger partial charge is 0.391 e. The van der Waals surface area contributed by atoms with E-state index >= 15 is 0 Å². The van der Waals surface area contributed by atoms with Crippen molar-refractivity contribution < 1.29 is 38.7 Å². The highest BCUT2D eigenvalue weighted by atomic mass is 16.3. The Morgan fingerprint density at radius 2 is 1.22 bits per heavy atom. The number of rotatable bonds is 13. The summed E-state index contributed by atoms with van der Waals surface area (Å²) in [5.41, 5.74) is 4.87. The number of hydrogen-bond donors (Lipinski definition) is 8. The molecule has 0 saturated heterocycles. The molecule has 32 heavy (non-hydrogen) atoms. The molecule has 0 heterocycles. The number of aliphatic hydroxyl groups is 1. The fourth-order valence-corrected chi connectivity index (χ4v) is 2.01. The first-order chi connectivity index (χ1) is 14.8. The lowest BCUT2D eigenvalue weighted by atomic mass is 10.1. The molecule has 3 atom stereocenters. The summed E-state index contributed by atoms with van der Waals surface area (Å²) in [4.78, 5) is 80.5. The number of aliphatic hydroxyl groups excluding tert-OH is 1. The molecule has 0 spiro atoms. The minimum absolute atomic E-state index is 0.337. The topological polar surface area (TPSA) is 238 Å². The first-order valence-electron chi connectivity index (χ1n) is 9.45. The van der Waals surface area contributed by atoms with E-state index in [1.165, 1.54) is 20.8 Å². The molecule has 0 unspecified atom stereocenters. The summed E-state index contributed by atoms with van der Waals surface area (Å²) in [5, 5.41) is 23.1. The van der Waals surface area contributed by atoms with Crippen LogP contribution in [0.15, 0.2) is 0 Å². The van der Waals surface area contributed by atoms with Crippen molar-refractivity contribution in [2.45, 2.75) is 39.0 Å². The highest BCUT2D eigenvalue weighted by Gasteiger charge is 2.28. The molecule has 0 rings (SSSR count). The van der Waals surface area contributed by atoms with Crippen molar-refractivity contribution in [2.75, 3.05) is 26.2 Å². The molecular weight excluding hydrogens is 430 g/mol. The average molecular weight is 459 g/mol. The van der Waals surface area contributed by atoms with Gasteiger partial charge in [-0.3, -0.25) is 33.6 Å². The molecule has 0 bridgehead atoms. The minimum Gasteiger partial charge on any atom is -0.391 e. The predicted molar refractivity (Wildman–Crippen MR) is 108 cm³/mol. The Morgan fingerprint density at radius 1 is 0.719 bits per heavy atom. The molecule has 180 valence electrons. The molecule has 0 aromatic rings. The number of nitrogens with one attached hydrogen (secondary N) is 6. The quantitative estimate of drug-likeness (QED) is 0.132. The van der Waals surface area contributed by atoms with E-state index in [1.807, 2.05) is 0 Å². The summed E-state index contributed by atoms with van der Waals surface area (Å²) >= 11 is 0. The Morgan fingerprint density at radius 3 is 1.72 bits per heavy atom. The molecule has 0 aliphatic carbocycles. The molecule has 15 heteroatoms. The lowest BCUT2D eigenvalue weighted by molar-refractivity contribution is -0.134. The summed E-state index contributed by atoms with van der Waals surface area (Å²) in [7, 11) is 0. The zero-order valence-electron chi connectivity index (χ0n) is 17.9. The van der Waals surface area contributed by atoms with Crippen LogP contribution in [0.3, 0.4) is 0 Å². The number of carbonyl (C=O) groups is 7. The summed E-state index contributed by atoms with van der Waals surface area (Å²) < 4.78 is 0. The van der Waals surface area contributed by atoms with E-state index in [1.54, 1.807) is 0 Å². The van der Waals surface area contributed by atoms with Crippen LogP contribution in [0.25, 0.3) is 0 Å². The van der Waals surface area contributed by atoms with Crippen molar-refractivity contribution in [1.82, 2.24) is 31.9 Å². The zero-order chi connectivity index (χ0) is 24.8. The summed E-state index contributed by atoms with van der Waals surface area (Å²) in [5.74, 6) is -4.94. The molecule has 0 aliphatic heterocycles. The van der Waals surface area contributed by atoms with Crippen molar-refractivity contribution in [2.24, 2.45) is 5.73 Å². The van der Waals surface area contributed by atoms with Crippen molar-refractivity contribution in [3.63, 3.8) is 0 Å². The molecule has 15 nitrogen and oxygen atoms in total. The normalized spacial score (nSPS) is 12.9. The van der Waals surface area contributed by atoms with Gasteiger partial charge in [-0.25, -0.2) is 0 Å². The van der Waals surface area contributed by atoms with E-state index < -0.39 is 79.2 Å². The average Bonchev–Trinajstić information content (AvgIpc) is 2.70. The lowest BCUT2D eigenvalue weighted by Crippen LogP contribution is -2.57. The maximum Gasteiger partial charge on any atom is 0.245 e. The Balaban J connectivity index is 4.59. The molecule has 0 radical (unpaired) electrons. The number of primary amides is 1. The third kappa shape index (κ3) is 12.7. The van der Waals surface area contributed by atoms with Crippen molar-refractivity contribution in [3.05, 3.63) is 0 Å².